The first-order valence-electron chi connectivity index (χ1n) is 7.27. The number of nitrogens with zero attached hydrogens (tertiary/aromatic N) is 3. The van der Waals surface area contributed by atoms with E-state index in [9.17, 15) is 4.79 Å². The van der Waals surface area contributed by atoms with E-state index >= 15 is 0 Å². The van der Waals surface area contributed by atoms with Gasteiger partial charge in [-0.3, -0.25) is 4.79 Å². The summed E-state index contributed by atoms with van der Waals surface area (Å²) in [6, 6.07) is 7.16. The van der Waals surface area contributed by atoms with Gasteiger partial charge < -0.3 is 9.64 Å². The van der Waals surface area contributed by atoms with Crippen molar-refractivity contribution >= 4 is 17.5 Å². The number of amides is 1. The molecule has 118 valence electrons. The molecule has 1 saturated heterocycles. The summed E-state index contributed by atoms with van der Waals surface area (Å²) in [4.78, 5) is 22.3. The molecule has 0 spiro atoms. The van der Waals surface area contributed by atoms with Gasteiger partial charge in [-0.1, -0.05) is 18.2 Å². The SMILES string of the molecule is C=CC(=O)N1CCOCC1c1cc(Cl)cc(-c2ncccn2)c1. The van der Waals surface area contributed by atoms with Crippen LogP contribution in [0.4, 0.5) is 0 Å². The maximum absolute atomic E-state index is 12.1. The van der Waals surface area contributed by atoms with Gasteiger partial charge in [0.05, 0.1) is 19.3 Å². The van der Waals surface area contributed by atoms with Crippen LogP contribution < -0.4 is 0 Å². The van der Waals surface area contributed by atoms with Crippen molar-refractivity contribution < 1.29 is 9.53 Å². The molecule has 1 fully saturated rings. The minimum Gasteiger partial charge on any atom is -0.377 e. The fourth-order valence-corrected chi connectivity index (χ4v) is 2.89. The largest absolute Gasteiger partial charge is 0.377 e. The van der Waals surface area contributed by atoms with Crippen LogP contribution in [0.3, 0.4) is 0 Å². The van der Waals surface area contributed by atoms with Crippen LogP contribution in [0.2, 0.25) is 5.02 Å². The number of carbonyl (C=O) groups excluding carboxylic acids is 1. The molecule has 1 aromatic carbocycles. The van der Waals surface area contributed by atoms with E-state index in [2.05, 4.69) is 16.5 Å². The summed E-state index contributed by atoms with van der Waals surface area (Å²) >= 11 is 6.26. The molecule has 1 atom stereocenters. The summed E-state index contributed by atoms with van der Waals surface area (Å²) < 4.78 is 5.54. The van der Waals surface area contributed by atoms with Gasteiger partial charge in [-0.2, -0.15) is 0 Å². The first-order chi connectivity index (χ1) is 11.2. The lowest BCUT2D eigenvalue weighted by Gasteiger charge is -2.35. The minimum atomic E-state index is -0.199. The third kappa shape index (κ3) is 3.41. The number of carbonyl (C=O) groups is 1. The van der Waals surface area contributed by atoms with Gasteiger partial charge >= 0.3 is 0 Å². The smallest absolute Gasteiger partial charge is 0.246 e. The van der Waals surface area contributed by atoms with Crippen LogP contribution in [0.1, 0.15) is 11.6 Å². The molecule has 1 aliphatic heterocycles. The number of ether oxygens (including phenoxy) is 1. The Morgan fingerprint density at radius 3 is 2.87 bits per heavy atom. The standard InChI is InChI=1S/C17H16ClN3O2/c1-2-16(22)21-6-7-23-11-15(21)12-8-13(10-14(18)9-12)17-19-4-3-5-20-17/h2-5,8-10,15H,1,6-7,11H2. The Morgan fingerprint density at radius 2 is 2.13 bits per heavy atom. The van der Waals surface area contributed by atoms with E-state index in [1.807, 2.05) is 18.2 Å². The van der Waals surface area contributed by atoms with E-state index in [0.717, 1.165) is 11.1 Å². The maximum Gasteiger partial charge on any atom is 0.246 e. The molecule has 2 aromatic rings. The number of hydrogen-bond acceptors (Lipinski definition) is 4. The Bertz CT molecular complexity index is 721. The van der Waals surface area contributed by atoms with E-state index < -0.39 is 0 Å². The molecule has 0 saturated carbocycles. The fraction of sp³-hybridized carbons (Fsp3) is 0.235. The zero-order valence-electron chi connectivity index (χ0n) is 12.5. The topological polar surface area (TPSA) is 55.3 Å². The summed E-state index contributed by atoms with van der Waals surface area (Å²) in [6.45, 7) is 5.04. The molecule has 23 heavy (non-hydrogen) atoms. The summed E-state index contributed by atoms with van der Waals surface area (Å²) in [5, 5.41) is 0.571. The van der Waals surface area contributed by atoms with Gasteiger partial charge in [-0.15, -0.1) is 0 Å². The first-order valence-corrected chi connectivity index (χ1v) is 7.65. The van der Waals surface area contributed by atoms with Gasteiger partial charge in [0.1, 0.15) is 0 Å². The van der Waals surface area contributed by atoms with Gasteiger partial charge in [0, 0.05) is 29.5 Å². The number of morpholine rings is 1. The van der Waals surface area contributed by atoms with Gasteiger partial charge in [0.2, 0.25) is 5.91 Å². The molecule has 1 aliphatic rings. The number of benzene rings is 1. The summed E-state index contributed by atoms with van der Waals surface area (Å²) in [7, 11) is 0. The average molecular weight is 330 g/mol. The van der Waals surface area contributed by atoms with Crippen LogP contribution in [0.5, 0.6) is 0 Å². The van der Waals surface area contributed by atoms with Crippen LogP contribution in [-0.2, 0) is 9.53 Å². The molecular formula is C17H16ClN3O2. The summed E-state index contributed by atoms with van der Waals surface area (Å²) in [5.41, 5.74) is 1.71. The van der Waals surface area contributed by atoms with Crippen molar-refractivity contribution in [2.75, 3.05) is 19.8 Å². The van der Waals surface area contributed by atoms with Crippen molar-refractivity contribution in [3.05, 3.63) is 59.9 Å². The molecule has 2 heterocycles. The summed E-state index contributed by atoms with van der Waals surface area (Å²) in [6.07, 6.45) is 4.68. The van der Waals surface area contributed by atoms with Gasteiger partial charge in [0.25, 0.3) is 0 Å². The molecular weight excluding hydrogens is 314 g/mol. The van der Waals surface area contributed by atoms with E-state index in [1.165, 1.54) is 6.08 Å². The van der Waals surface area contributed by atoms with E-state index in [0.29, 0.717) is 30.6 Å². The first kappa shape index (κ1) is 15.6. The monoisotopic (exact) mass is 329 g/mol. The number of halogens is 1. The second kappa shape index (κ2) is 6.89. The molecule has 0 radical (unpaired) electrons. The number of aromatic nitrogens is 2. The van der Waals surface area contributed by atoms with Crippen molar-refractivity contribution in [2.45, 2.75) is 6.04 Å². The lowest BCUT2D eigenvalue weighted by atomic mass is 10.0. The molecule has 0 bridgehead atoms. The third-order valence-corrected chi connectivity index (χ3v) is 3.93. The highest BCUT2D eigenvalue weighted by Crippen LogP contribution is 2.30. The van der Waals surface area contributed by atoms with Gasteiger partial charge in [-0.05, 0) is 35.9 Å². The second-order valence-electron chi connectivity index (χ2n) is 5.17. The molecule has 3 rings (SSSR count). The lowest BCUT2D eigenvalue weighted by molar-refractivity contribution is -0.134. The van der Waals surface area contributed by atoms with Crippen molar-refractivity contribution in [3.63, 3.8) is 0 Å². The zero-order valence-corrected chi connectivity index (χ0v) is 13.2. The molecule has 1 unspecified atom stereocenters. The second-order valence-corrected chi connectivity index (χ2v) is 5.61. The van der Waals surface area contributed by atoms with Crippen LogP contribution >= 0.6 is 11.6 Å². The molecule has 1 aromatic heterocycles. The van der Waals surface area contributed by atoms with Crippen LogP contribution in [0.25, 0.3) is 11.4 Å². The maximum atomic E-state index is 12.1. The molecule has 6 heteroatoms. The number of rotatable bonds is 3. The predicted molar refractivity (Wildman–Crippen MR) is 87.9 cm³/mol. The average Bonchev–Trinajstić information content (AvgIpc) is 2.61. The normalized spacial score (nSPS) is 17.8. The Morgan fingerprint density at radius 1 is 1.35 bits per heavy atom. The van der Waals surface area contributed by atoms with Crippen LogP contribution in [0, 0.1) is 0 Å². The Hall–Kier alpha value is -2.24. The summed E-state index contributed by atoms with van der Waals surface area (Å²) in [5.74, 6) is 0.477. The van der Waals surface area contributed by atoms with E-state index in [4.69, 9.17) is 16.3 Å². The number of hydrogen-bond donors (Lipinski definition) is 0. The van der Waals surface area contributed by atoms with E-state index in [1.54, 1.807) is 23.4 Å². The van der Waals surface area contributed by atoms with Crippen molar-refractivity contribution in [2.24, 2.45) is 0 Å². The lowest BCUT2D eigenvalue weighted by Crippen LogP contribution is -2.42. The highest BCUT2D eigenvalue weighted by atomic mass is 35.5. The van der Waals surface area contributed by atoms with Gasteiger partial charge in [-0.25, -0.2) is 9.97 Å². The third-order valence-electron chi connectivity index (χ3n) is 3.72. The van der Waals surface area contributed by atoms with Crippen molar-refractivity contribution in [1.29, 1.82) is 0 Å². The Labute approximate surface area is 139 Å². The van der Waals surface area contributed by atoms with Crippen molar-refractivity contribution in [3.8, 4) is 11.4 Å². The zero-order chi connectivity index (χ0) is 16.2. The molecule has 0 N–H and O–H groups in total. The molecule has 5 nitrogen and oxygen atoms in total. The quantitative estimate of drug-likeness (QED) is 0.812. The molecule has 1 amide bonds. The van der Waals surface area contributed by atoms with Crippen LogP contribution in [0.15, 0.2) is 49.3 Å². The van der Waals surface area contributed by atoms with Crippen molar-refractivity contribution in [1.82, 2.24) is 14.9 Å². The van der Waals surface area contributed by atoms with Crippen LogP contribution in [-0.4, -0.2) is 40.5 Å². The van der Waals surface area contributed by atoms with E-state index in [-0.39, 0.29) is 11.9 Å². The fourth-order valence-electron chi connectivity index (χ4n) is 2.64. The molecule has 0 aliphatic carbocycles. The minimum absolute atomic E-state index is 0.115. The highest BCUT2D eigenvalue weighted by molar-refractivity contribution is 6.30. The van der Waals surface area contributed by atoms with Gasteiger partial charge in [0.15, 0.2) is 5.82 Å². The Balaban J connectivity index is 2.00. The Kier molecular flexibility index (Phi) is 4.69. The highest BCUT2D eigenvalue weighted by Gasteiger charge is 2.28. The predicted octanol–water partition coefficient (Wildman–Crippen LogP) is 2.88.